The van der Waals surface area contributed by atoms with E-state index in [1.54, 1.807) is 0 Å². The number of hydrogen-bond acceptors (Lipinski definition) is 3. The summed E-state index contributed by atoms with van der Waals surface area (Å²) in [6.07, 6.45) is 0. The maximum atomic E-state index is 5.36. The first kappa shape index (κ1) is 29.7. The van der Waals surface area contributed by atoms with Gasteiger partial charge in [0.15, 0.2) is 17.5 Å². The van der Waals surface area contributed by atoms with Gasteiger partial charge in [0.25, 0.3) is 0 Å². The smallest absolute Gasteiger partial charge is 0.164 e. The molecule has 3 heteroatoms. The topological polar surface area (TPSA) is 38.7 Å². The Bertz CT molecular complexity index is 2870. The molecular formula is C50H31N3. The molecule has 0 saturated carbocycles. The van der Waals surface area contributed by atoms with Crippen LogP contribution in [0, 0.1) is 0 Å². The lowest BCUT2D eigenvalue weighted by Crippen LogP contribution is -2.03. The molecule has 0 amide bonds. The van der Waals surface area contributed by atoms with Crippen LogP contribution in [0.3, 0.4) is 0 Å². The van der Waals surface area contributed by atoms with Crippen molar-refractivity contribution in [2.45, 2.75) is 5.92 Å². The van der Waals surface area contributed by atoms with Gasteiger partial charge < -0.3 is 0 Å². The van der Waals surface area contributed by atoms with Crippen molar-refractivity contribution in [1.82, 2.24) is 15.0 Å². The molecule has 246 valence electrons. The van der Waals surface area contributed by atoms with E-state index in [1.807, 2.05) is 18.2 Å². The molecule has 3 nitrogen and oxygen atoms in total. The molecule has 1 aromatic heterocycles. The highest BCUT2D eigenvalue weighted by molar-refractivity contribution is 6.20. The second kappa shape index (κ2) is 11.8. The first-order valence-electron chi connectivity index (χ1n) is 18.2. The molecule has 2 aliphatic carbocycles. The number of fused-ring (bicyclic) bond motifs is 6. The molecule has 0 spiro atoms. The van der Waals surface area contributed by atoms with Gasteiger partial charge in [-0.15, -0.1) is 0 Å². The molecular weight excluding hydrogens is 643 g/mol. The minimum absolute atomic E-state index is 0.130. The molecule has 0 fully saturated rings. The van der Waals surface area contributed by atoms with Crippen molar-refractivity contribution in [3.8, 4) is 78.7 Å². The largest absolute Gasteiger partial charge is 0.208 e. The van der Waals surface area contributed by atoms with Crippen LogP contribution in [0.15, 0.2) is 182 Å². The Balaban J connectivity index is 1.15. The van der Waals surface area contributed by atoms with Gasteiger partial charge in [-0.1, -0.05) is 170 Å². The SMILES string of the molecule is c1ccc(-c2nc(-c3ccc4c(c3)C(c3ccccc3)c3ccccc3-4)nc(-c3ccc(-c4ccccc4)c4c3-c3cccc5cccc-4c35)n2)cc1. The molecule has 0 aliphatic heterocycles. The summed E-state index contributed by atoms with van der Waals surface area (Å²) in [4.78, 5) is 15.8. The van der Waals surface area contributed by atoms with E-state index in [0.717, 1.165) is 16.7 Å². The van der Waals surface area contributed by atoms with Crippen LogP contribution in [0.5, 0.6) is 0 Å². The molecule has 0 N–H and O–H groups in total. The number of rotatable bonds is 5. The lowest BCUT2D eigenvalue weighted by molar-refractivity contribution is 1.01. The molecule has 11 rings (SSSR count). The predicted molar refractivity (Wildman–Crippen MR) is 216 cm³/mol. The zero-order chi connectivity index (χ0) is 34.9. The Hall–Kier alpha value is -6.97. The van der Waals surface area contributed by atoms with Crippen molar-refractivity contribution in [2.24, 2.45) is 0 Å². The third-order valence-corrected chi connectivity index (χ3v) is 11.0. The molecule has 0 bridgehead atoms. The summed E-state index contributed by atoms with van der Waals surface area (Å²) >= 11 is 0. The van der Waals surface area contributed by atoms with E-state index < -0.39 is 0 Å². The zero-order valence-corrected chi connectivity index (χ0v) is 28.7. The van der Waals surface area contributed by atoms with Gasteiger partial charge in [-0.25, -0.2) is 15.0 Å². The van der Waals surface area contributed by atoms with E-state index in [4.69, 9.17) is 15.0 Å². The van der Waals surface area contributed by atoms with Crippen molar-refractivity contribution in [3.05, 3.63) is 199 Å². The molecule has 0 saturated heterocycles. The van der Waals surface area contributed by atoms with Crippen molar-refractivity contribution in [1.29, 1.82) is 0 Å². The Morgan fingerprint density at radius 2 is 0.849 bits per heavy atom. The van der Waals surface area contributed by atoms with Crippen LogP contribution in [-0.2, 0) is 0 Å². The summed E-state index contributed by atoms with van der Waals surface area (Å²) in [6.45, 7) is 0. The lowest BCUT2D eigenvalue weighted by atomic mass is 9.88. The van der Waals surface area contributed by atoms with Crippen LogP contribution in [0.1, 0.15) is 22.6 Å². The number of hydrogen-bond donors (Lipinski definition) is 0. The summed E-state index contributed by atoms with van der Waals surface area (Å²) in [6, 6.07) is 65.0. The predicted octanol–water partition coefficient (Wildman–Crippen LogP) is 12.5. The third-order valence-electron chi connectivity index (χ3n) is 11.0. The van der Waals surface area contributed by atoms with Crippen LogP contribution in [0.2, 0.25) is 0 Å². The first-order chi connectivity index (χ1) is 26.3. The van der Waals surface area contributed by atoms with Gasteiger partial charge in [0.2, 0.25) is 0 Å². The Kier molecular flexibility index (Phi) is 6.62. The van der Waals surface area contributed by atoms with Gasteiger partial charge in [0.1, 0.15) is 0 Å². The highest BCUT2D eigenvalue weighted by Gasteiger charge is 2.31. The Labute approximate surface area is 308 Å². The van der Waals surface area contributed by atoms with Gasteiger partial charge in [-0.05, 0) is 78.5 Å². The van der Waals surface area contributed by atoms with Crippen LogP contribution >= 0.6 is 0 Å². The number of aromatic nitrogens is 3. The fraction of sp³-hybridized carbons (Fsp3) is 0.0200. The van der Waals surface area contributed by atoms with Gasteiger partial charge in [-0.3, -0.25) is 0 Å². The molecule has 1 heterocycles. The van der Waals surface area contributed by atoms with Gasteiger partial charge >= 0.3 is 0 Å². The monoisotopic (exact) mass is 673 g/mol. The van der Waals surface area contributed by atoms with E-state index in [0.29, 0.717) is 17.5 Å². The van der Waals surface area contributed by atoms with Gasteiger partial charge in [0, 0.05) is 28.2 Å². The van der Waals surface area contributed by atoms with Gasteiger partial charge in [-0.2, -0.15) is 0 Å². The van der Waals surface area contributed by atoms with E-state index in [-0.39, 0.29) is 5.92 Å². The molecule has 8 aromatic carbocycles. The molecule has 1 unspecified atom stereocenters. The summed E-state index contributed by atoms with van der Waals surface area (Å²) < 4.78 is 0. The normalized spacial score (nSPS) is 13.5. The average Bonchev–Trinajstić information content (AvgIpc) is 3.75. The van der Waals surface area contributed by atoms with E-state index in [1.165, 1.54) is 72.0 Å². The van der Waals surface area contributed by atoms with Crippen LogP contribution in [0.25, 0.3) is 89.4 Å². The minimum Gasteiger partial charge on any atom is -0.208 e. The Morgan fingerprint density at radius 3 is 1.58 bits per heavy atom. The third kappa shape index (κ3) is 4.64. The van der Waals surface area contributed by atoms with E-state index in [2.05, 4.69) is 164 Å². The second-order valence-electron chi connectivity index (χ2n) is 13.9. The maximum Gasteiger partial charge on any atom is 0.164 e. The highest BCUT2D eigenvalue weighted by Crippen LogP contribution is 2.54. The second-order valence-corrected chi connectivity index (χ2v) is 13.9. The highest BCUT2D eigenvalue weighted by atomic mass is 15.0. The molecule has 1 atom stereocenters. The van der Waals surface area contributed by atoms with Gasteiger partial charge in [0.05, 0.1) is 0 Å². The molecule has 9 aromatic rings. The van der Waals surface area contributed by atoms with Crippen molar-refractivity contribution in [3.63, 3.8) is 0 Å². The maximum absolute atomic E-state index is 5.36. The van der Waals surface area contributed by atoms with Crippen LogP contribution in [-0.4, -0.2) is 15.0 Å². The summed E-state index contributed by atoms with van der Waals surface area (Å²) in [7, 11) is 0. The lowest BCUT2D eigenvalue weighted by Gasteiger charge is -2.17. The molecule has 0 radical (unpaired) electrons. The number of benzene rings is 8. The first-order valence-corrected chi connectivity index (χ1v) is 18.2. The molecule has 2 aliphatic rings. The number of nitrogens with zero attached hydrogens (tertiary/aromatic N) is 3. The van der Waals surface area contributed by atoms with E-state index >= 15 is 0 Å². The van der Waals surface area contributed by atoms with Crippen LogP contribution in [0.4, 0.5) is 0 Å². The van der Waals surface area contributed by atoms with Crippen molar-refractivity contribution < 1.29 is 0 Å². The molecule has 53 heavy (non-hydrogen) atoms. The summed E-state index contributed by atoms with van der Waals surface area (Å²) in [5.74, 6) is 2.11. The van der Waals surface area contributed by atoms with Crippen molar-refractivity contribution in [2.75, 3.05) is 0 Å². The average molecular weight is 674 g/mol. The standard InChI is InChI=1S/C50H31N3/c1-4-14-31(15-5-1)36-28-29-42(47-41-25-13-21-33-20-12-24-40(45(33)41)46(36)47)50-52-48(34-18-8-3-9-19-34)51-49(53-50)35-26-27-38-37-22-10-11-23-39(37)44(43(38)30-35)32-16-6-2-7-17-32/h1-30,44H. The Morgan fingerprint density at radius 1 is 0.321 bits per heavy atom. The zero-order valence-electron chi connectivity index (χ0n) is 28.7. The fourth-order valence-corrected chi connectivity index (χ4v) is 8.66. The fourth-order valence-electron chi connectivity index (χ4n) is 8.66. The summed E-state index contributed by atoms with van der Waals surface area (Å²) in [5.41, 5.74) is 16.6. The van der Waals surface area contributed by atoms with E-state index in [9.17, 15) is 0 Å². The van der Waals surface area contributed by atoms with Crippen molar-refractivity contribution >= 4 is 10.8 Å². The summed E-state index contributed by atoms with van der Waals surface area (Å²) in [5, 5.41) is 2.51. The quantitative estimate of drug-likeness (QED) is 0.182. The minimum atomic E-state index is 0.130. The van der Waals surface area contributed by atoms with Crippen LogP contribution < -0.4 is 0 Å².